The Morgan fingerprint density at radius 2 is 1.00 bits per heavy atom. The van der Waals surface area contributed by atoms with Gasteiger partial charge in [0, 0.05) is 0 Å². The summed E-state index contributed by atoms with van der Waals surface area (Å²) in [4.78, 5) is 0. The fourth-order valence-electron chi connectivity index (χ4n) is 3.53. The SMILES string of the molecule is C[C@H](O)CC[PH](c1ccccc1)(c1ccccc1)c1ccccc1. The Labute approximate surface area is 145 Å². The van der Waals surface area contributed by atoms with Gasteiger partial charge in [-0.2, -0.15) is 0 Å². The third-order valence-corrected chi connectivity index (χ3v) is 9.73. The number of hydrogen-bond acceptors (Lipinski definition) is 1. The van der Waals surface area contributed by atoms with E-state index in [1.165, 1.54) is 15.9 Å². The van der Waals surface area contributed by atoms with E-state index in [9.17, 15) is 5.11 Å². The molecular weight excluding hydrogens is 311 g/mol. The minimum atomic E-state index is -2.15. The molecule has 0 saturated carbocycles. The zero-order chi connectivity index (χ0) is 16.8. The van der Waals surface area contributed by atoms with E-state index in [0.29, 0.717) is 0 Å². The molecule has 0 unspecified atom stereocenters. The van der Waals surface area contributed by atoms with E-state index in [1.807, 2.05) is 6.92 Å². The molecule has 0 bridgehead atoms. The molecule has 0 saturated heterocycles. The molecule has 0 amide bonds. The van der Waals surface area contributed by atoms with Gasteiger partial charge in [0.2, 0.25) is 0 Å². The van der Waals surface area contributed by atoms with E-state index in [1.54, 1.807) is 0 Å². The Bertz CT molecular complexity index is 642. The Morgan fingerprint density at radius 3 is 1.29 bits per heavy atom. The van der Waals surface area contributed by atoms with Gasteiger partial charge in [0.15, 0.2) is 0 Å². The van der Waals surface area contributed by atoms with Gasteiger partial charge in [-0.05, 0) is 0 Å². The summed E-state index contributed by atoms with van der Waals surface area (Å²) in [6.45, 7) is 1.89. The van der Waals surface area contributed by atoms with Crippen LogP contribution in [-0.4, -0.2) is 17.4 Å². The average molecular weight is 336 g/mol. The number of rotatable bonds is 6. The second kappa shape index (κ2) is 7.75. The van der Waals surface area contributed by atoms with Crippen LogP contribution in [0.4, 0.5) is 0 Å². The van der Waals surface area contributed by atoms with Gasteiger partial charge in [-0.3, -0.25) is 0 Å². The van der Waals surface area contributed by atoms with Crippen molar-refractivity contribution in [2.75, 3.05) is 6.16 Å². The van der Waals surface area contributed by atoms with E-state index >= 15 is 0 Å². The summed E-state index contributed by atoms with van der Waals surface area (Å²) in [5, 5.41) is 14.2. The standard InChI is InChI=1S/C22H25OP/c1-19(23)17-18-24(20-11-5-2-6-12-20,21-13-7-3-8-14-21)22-15-9-4-10-16-22/h2-16,19,23-24H,17-18H2,1H3/t19-/m0/s1. The first kappa shape index (κ1) is 16.9. The first-order valence-corrected chi connectivity index (χ1v) is 10.8. The van der Waals surface area contributed by atoms with Crippen LogP contribution in [-0.2, 0) is 0 Å². The zero-order valence-electron chi connectivity index (χ0n) is 14.1. The molecule has 0 radical (unpaired) electrons. The van der Waals surface area contributed by atoms with Crippen molar-refractivity contribution >= 4 is 23.2 Å². The normalized spacial score (nSPS) is 13.4. The molecule has 0 aliphatic rings. The molecule has 0 aromatic heterocycles. The van der Waals surface area contributed by atoms with Gasteiger partial charge in [-0.1, -0.05) is 0 Å². The first-order chi connectivity index (χ1) is 11.7. The molecule has 24 heavy (non-hydrogen) atoms. The summed E-state index contributed by atoms with van der Waals surface area (Å²) in [6, 6.07) is 32.6. The minimum absolute atomic E-state index is 0.284. The van der Waals surface area contributed by atoms with Crippen molar-refractivity contribution in [3.05, 3.63) is 91.0 Å². The first-order valence-electron chi connectivity index (χ1n) is 8.58. The van der Waals surface area contributed by atoms with Crippen LogP contribution in [0.5, 0.6) is 0 Å². The van der Waals surface area contributed by atoms with Gasteiger partial charge in [-0.15, -0.1) is 0 Å². The summed E-state index contributed by atoms with van der Waals surface area (Å²) in [5.74, 6) is 0. The second-order valence-corrected chi connectivity index (χ2v) is 10.4. The van der Waals surface area contributed by atoms with Gasteiger partial charge >= 0.3 is 145 Å². The molecule has 3 aromatic carbocycles. The van der Waals surface area contributed by atoms with Gasteiger partial charge < -0.3 is 0 Å². The molecule has 0 fully saturated rings. The molecule has 3 aromatic rings. The number of aliphatic hydroxyl groups excluding tert-OH is 1. The summed E-state index contributed by atoms with van der Waals surface area (Å²) < 4.78 is 0. The van der Waals surface area contributed by atoms with Crippen LogP contribution in [0.3, 0.4) is 0 Å². The van der Waals surface area contributed by atoms with E-state index in [4.69, 9.17) is 0 Å². The van der Waals surface area contributed by atoms with E-state index in [0.717, 1.165) is 12.6 Å². The third kappa shape index (κ3) is 3.43. The molecule has 1 nitrogen and oxygen atoms in total. The zero-order valence-corrected chi connectivity index (χ0v) is 15.1. The van der Waals surface area contributed by atoms with Crippen LogP contribution in [0.2, 0.25) is 0 Å². The maximum absolute atomic E-state index is 9.98. The van der Waals surface area contributed by atoms with Crippen LogP contribution in [0, 0.1) is 0 Å². The number of hydrogen-bond donors (Lipinski definition) is 1. The van der Waals surface area contributed by atoms with Crippen molar-refractivity contribution in [1.82, 2.24) is 0 Å². The molecule has 3 rings (SSSR count). The van der Waals surface area contributed by atoms with Crippen molar-refractivity contribution < 1.29 is 5.11 Å². The van der Waals surface area contributed by atoms with E-state index in [-0.39, 0.29) is 6.10 Å². The Morgan fingerprint density at radius 1 is 0.667 bits per heavy atom. The van der Waals surface area contributed by atoms with Crippen molar-refractivity contribution in [2.45, 2.75) is 19.4 Å². The maximum atomic E-state index is 9.98. The molecule has 124 valence electrons. The summed E-state index contributed by atoms with van der Waals surface area (Å²) in [5.41, 5.74) is 0. The Balaban J connectivity index is 2.24. The molecule has 0 aliphatic carbocycles. The molecule has 0 spiro atoms. The molecular formula is C22H25OP. The summed E-state index contributed by atoms with van der Waals surface area (Å²) >= 11 is 0. The monoisotopic (exact) mass is 336 g/mol. The van der Waals surface area contributed by atoms with Gasteiger partial charge in [0.05, 0.1) is 0 Å². The van der Waals surface area contributed by atoms with Crippen LogP contribution < -0.4 is 15.9 Å². The van der Waals surface area contributed by atoms with Crippen molar-refractivity contribution in [1.29, 1.82) is 0 Å². The van der Waals surface area contributed by atoms with Gasteiger partial charge in [0.1, 0.15) is 0 Å². The van der Waals surface area contributed by atoms with E-state index in [2.05, 4.69) is 91.0 Å². The molecule has 1 atom stereocenters. The molecule has 0 heterocycles. The predicted molar refractivity (Wildman–Crippen MR) is 108 cm³/mol. The topological polar surface area (TPSA) is 20.2 Å². The predicted octanol–water partition coefficient (Wildman–Crippen LogP) is 3.48. The molecule has 1 N–H and O–H groups in total. The van der Waals surface area contributed by atoms with E-state index < -0.39 is 7.26 Å². The van der Waals surface area contributed by atoms with Crippen LogP contribution in [0.15, 0.2) is 91.0 Å². The number of aliphatic hydroxyl groups is 1. The van der Waals surface area contributed by atoms with Crippen molar-refractivity contribution in [3.63, 3.8) is 0 Å². The fraction of sp³-hybridized carbons (Fsp3) is 0.182. The summed E-state index contributed by atoms with van der Waals surface area (Å²) in [7, 11) is -2.15. The molecule has 0 aliphatic heterocycles. The third-order valence-electron chi connectivity index (χ3n) is 4.74. The van der Waals surface area contributed by atoms with Crippen LogP contribution in [0.25, 0.3) is 0 Å². The summed E-state index contributed by atoms with van der Waals surface area (Å²) in [6.07, 6.45) is 1.53. The van der Waals surface area contributed by atoms with Gasteiger partial charge in [-0.25, -0.2) is 0 Å². The Hall–Kier alpha value is -1.95. The Kier molecular flexibility index (Phi) is 5.45. The fourth-order valence-corrected chi connectivity index (χ4v) is 8.53. The molecule has 2 heteroatoms. The van der Waals surface area contributed by atoms with Gasteiger partial charge in [0.25, 0.3) is 0 Å². The average Bonchev–Trinajstić information content (AvgIpc) is 2.65. The second-order valence-electron chi connectivity index (χ2n) is 6.39. The number of benzene rings is 3. The van der Waals surface area contributed by atoms with Crippen LogP contribution in [0.1, 0.15) is 13.3 Å². The quantitative estimate of drug-likeness (QED) is 0.683. The van der Waals surface area contributed by atoms with Crippen molar-refractivity contribution in [3.8, 4) is 0 Å². The van der Waals surface area contributed by atoms with Crippen LogP contribution >= 0.6 is 7.26 Å². The van der Waals surface area contributed by atoms with Crippen molar-refractivity contribution in [2.24, 2.45) is 0 Å².